The lowest BCUT2D eigenvalue weighted by Gasteiger charge is -2.11. The molecule has 0 bridgehead atoms. The van der Waals surface area contributed by atoms with Crippen LogP contribution in [-0.2, 0) is 0 Å². The molecule has 3 nitrogen and oxygen atoms in total. The Morgan fingerprint density at radius 1 is 1.64 bits per heavy atom. The van der Waals surface area contributed by atoms with Crippen LogP contribution in [0.3, 0.4) is 0 Å². The lowest BCUT2D eigenvalue weighted by Crippen LogP contribution is -2.00. The molecule has 1 atom stereocenters. The number of hydrogen-bond donors (Lipinski definition) is 1. The third-order valence-electron chi connectivity index (χ3n) is 1.71. The van der Waals surface area contributed by atoms with E-state index in [9.17, 15) is 5.11 Å². The van der Waals surface area contributed by atoms with Gasteiger partial charge in [-0.05, 0) is 25.1 Å². The Kier molecular flexibility index (Phi) is 3.75. The highest BCUT2D eigenvalue weighted by molar-refractivity contribution is 6.30. The Balaban J connectivity index is 2.97. The van der Waals surface area contributed by atoms with Crippen molar-refractivity contribution in [3.05, 3.63) is 28.8 Å². The van der Waals surface area contributed by atoms with Crippen molar-refractivity contribution in [2.75, 3.05) is 6.61 Å². The molecule has 0 saturated heterocycles. The summed E-state index contributed by atoms with van der Waals surface area (Å²) >= 11 is 5.76. The third-order valence-corrected chi connectivity index (χ3v) is 1.95. The molecule has 1 N–H and O–H groups in total. The molecule has 1 rings (SSSR count). The molecule has 0 heterocycles. The first-order valence-electron chi connectivity index (χ1n) is 4.12. The van der Waals surface area contributed by atoms with E-state index in [1.165, 1.54) is 0 Å². The molecule has 0 radical (unpaired) electrons. The topological polar surface area (TPSA) is 53.2 Å². The Labute approximate surface area is 87.5 Å². The Morgan fingerprint density at radius 2 is 2.36 bits per heavy atom. The molecule has 0 fully saturated rings. The smallest absolute Gasteiger partial charge is 0.174 e. The van der Waals surface area contributed by atoms with Crippen molar-refractivity contribution in [3.8, 4) is 11.8 Å². The number of nitriles is 1. The van der Waals surface area contributed by atoms with Crippen molar-refractivity contribution >= 4 is 11.6 Å². The molecule has 1 aromatic rings. The summed E-state index contributed by atoms with van der Waals surface area (Å²) in [5.41, 5.74) is 0.591. The van der Waals surface area contributed by atoms with Crippen LogP contribution in [0, 0.1) is 11.3 Å². The summed E-state index contributed by atoms with van der Waals surface area (Å²) < 4.78 is 5.12. The van der Waals surface area contributed by atoms with Crippen molar-refractivity contribution in [1.82, 2.24) is 0 Å². The van der Waals surface area contributed by atoms with Gasteiger partial charge in [0.05, 0.1) is 6.10 Å². The van der Waals surface area contributed by atoms with Crippen molar-refractivity contribution < 1.29 is 9.84 Å². The fourth-order valence-corrected chi connectivity index (χ4v) is 1.27. The number of aliphatic hydroxyl groups excluding tert-OH is 1. The molecule has 1 aromatic carbocycles. The van der Waals surface area contributed by atoms with Crippen LogP contribution < -0.4 is 4.74 Å². The van der Waals surface area contributed by atoms with Gasteiger partial charge in [-0.1, -0.05) is 11.6 Å². The number of hydrogen-bond acceptors (Lipinski definition) is 3. The zero-order valence-electron chi connectivity index (χ0n) is 7.70. The summed E-state index contributed by atoms with van der Waals surface area (Å²) in [5.74, 6) is 0.492. The molecule has 14 heavy (non-hydrogen) atoms. The molecule has 0 aliphatic carbocycles. The van der Waals surface area contributed by atoms with Crippen molar-refractivity contribution in [1.29, 1.82) is 5.26 Å². The second kappa shape index (κ2) is 4.85. The summed E-state index contributed by atoms with van der Waals surface area (Å²) in [6, 6.07) is 6.78. The zero-order chi connectivity index (χ0) is 10.6. The maximum Gasteiger partial charge on any atom is 0.174 e. The van der Waals surface area contributed by atoms with Gasteiger partial charge in [0.25, 0.3) is 0 Å². The Morgan fingerprint density at radius 3 is 2.93 bits per heavy atom. The normalized spacial score (nSPS) is 11.9. The highest BCUT2D eigenvalue weighted by Gasteiger charge is 2.09. The minimum absolute atomic E-state index is 0.0403. The van der Waals surface area contributed by atoms with Crippen molar-refractivity contribution in [2.24, 2.45) is 0 Å². The highest BCUT2D eigenvalue weighted by atomic mass is 35.5. The van der Waals surface area contributed by atoms with Gasteiger partial charge in [-0.25, -0.2) is 0 Å². The molecule has 0 amide bonds. The Hall–Kier alpha value is -1.24. The summed E-state index contributed by atoms with van der Waals surface area (Å²) in [6.45, 7) is 1.58. The van der Waals surface area contributed by atoms with Crippen LogP contribution in [0.15, 0.2) is 18.2 Å². The van der Waals surface area contributed by atoms with Gasteiger partial charge in [-0.3, -0.25) is 0 Å². The van der Waals surface area contributed by atoms with Crippen LogP contribution in [0.25, 0.3) is 0 Å². The number of rotatable bonds is 3. The van der Waals surface area contributed by atoms with Crippen LogP contribution in [0.2, 0.25) is 5.02 Å². The monoisotopic (exact) mass is 211 g/mol. The van der Waals surface area contributed by atoms with Crippen LogP contribution >= 0.6 is 11.6 Å². The average molecular weight is 212 g/mol. The molecule has 0 aromatic heterocycles. The van der Waals surface area contributed by atoms with E-state index in [2.05, 4.69) is 0 Å². The predicted octanol–water partition coefficient (Wildman–Crippen LogP) is 2.30. The number of aliphatic hydroxyl groups is 1. The Bertz CT molecular complexity index is 358. The maximum atomic E-state index is 9.41. The first-order valence-corrected chi connectivity index (χ1v) is 4.50. The molecular weight excluding hydrogens is 202 g/mol. The van der Waals surface area contributed by atoms with Gasteiger partial charge >= 0.3 is 0 Å². The summed E-state index contributed by atoms with van der Waals surface area (Å²) in [4.78, 5) is 0. The minimum atomic E-state index is -0.664. The van der Waals surface area contributed by atoms with Gasteiger partial charge < -0.3 is 9.84 Å². The van der Waals surface area contributed by atoms with E-state index in [1.807, 2.05) is 6.07 Å². The quantitative estimate of drug-likeness (QED) is 0.835. The van der Waals surface area contributed by atoms with Gasteiger partial charge in [0, 0.05) is 10.6 Å². The lowest BCUT2D eigenvalue weighted by atomic mass is 10.1. The highest BCUT2D eigenvalue weighted by Crippen LogP contribution is 2.28. The van der Waals surface area contributed by atoms with Gasteiger partial charge in [0.2, 0.25) is 0 Å². The summed E-state index contributed by atoms with van der Waals surface area (Å²) in [6.07, 6.45) is -0.664. The van der Waals surface area contributed by atoms with Crippen molar-refractivity contribution in [2.45, 2.75) is 13.0 Å². The predicted molar refractivity (Wildman–Crippen MR) is 53.2 cm³/mol. The van der Waals surface area contributed by atoms with Crippen molar-refractivity contribution in [3.63, 3.8) is 0 Å². The second-order valence-corrected chi connectivity index (χ2v) is 3.24. The molecular formula is C10H10ClNO2. The lowest BCUT2D eigenvalue weighted by molar-refractivity contribution is 0.193. The fourth-order valence-electron chi connectivity index (χ4n) is 1.09. The van der Waals surface area contributed by atoms with Gasteiger partial charge in [-0.15, -0.1) is 0 Å². The van der Waals surface area contributed by atoms with E-state index >= 15 is 0 Å². The standard InChI is InChI=1S/C10H10ClNO2/c1-7(13)9-6-8(11)2-3-10(9)14-5-4-12/h2-3,6-7,13H,5H2,1H3. The van der Waals surface area contributed by atoms with Crippen LogP contribution in [-0.4, -0.2) is 11.7 Å². The van der Waals surface area contributed by atoms with E-state index in [0.29, 0.717) is 16.3 Å². The second-order valence-electron chi connectivity index (χ2n) is 2.80. The van der Waals surface area contributed by atoms with Gasteiger partial charge in [0.1, 0.15) is 11.8 Å². The molecule has 74 valence electrons. The first kappa shape index (κ1) is 10.8. The van der Waals surface area contributed by atoms with E-state index in [-0.39, 0.29) is 6.61 Å². The average Bonchev–Trinajstić information content (AvgIpc) is 2.15. The minimum Gasteiger partial charge on any atom is -0.478 e. The molecule has 1 unspecified atom stereocenters. The van der Waals surface area contributed by atoms with E-state index in [0.717, 1.165) is 0 Å². The van der Waals surface area contributed by atoms with Gasteiger partial charge in [0.15, 0.2) is 6.61 Å². The largest absolute Gasteiger partial charge is 0.478 e. The number of ether oxygens (including phenoxy) is 1. The van der Waals surface area contributed by atoms with Crippen LogP contribution in [0.1, 0.15) is 18.6 Å². The van der Waals surface area contributed by atoms with Crippen LogP contribution in [0.5, 0.6) is 5.75 Å². The summed E-state index contributed by atoms with van der Waals surface area (Å²) in [5, 5.41) is 18.3. The van der Waals surface area contributed by atoms with Crippen LogP contribution in [0.4, 0.5) is 0 Å². The maximum absolute atomic E-state index is 9.41. The molecule has 0 aliphatic rings. The number of halogens is 1. The first-order chi connectivity index (χ1) is 6.65. The molecule has 0 aliphatic heterocycles. The summed E-state index contributed by atoms with van der Waals surface area (Å²) in [7, 11) is 0. The number of benzene rings is 1. The molecule has 4 heteroatoms. The molecule has 0 spiro atoms. The van der Waals surface area contributed by atoms with E-state index in [4.69, 9.17) is 21.6 Å². The SMILES string of the molecule is CC(O)c1cc(Cl)ccc1OCC#N. The third kappa shape index (κ3) is 2.63. The van der Waals surface area contributed by atoms with Gasteiger partial charge in [-0.2, -0.15) is 5.26 Å². The van der Waals surface area contributed by atoms with E-state index in [1.54, 1.807) is 25.1 Å². The fraction of sp³-hybridized carbons (Fsp3) is 0.300. The zero-order valence-corrected chi connectivity index (χ0v) is 8.45. The number of nitrogens with zero attached hydrogens (tertiary/aromatic N) is 1. The van der Waals surface area contributed by atoms with E-state index < -0.39 is 6.10 Å². The molecule has 0 saturated carbocycles.